The summed E-state index contributed by atoms with van der Waals surface area (Å²) >= 11 is 1.62. The summed E-state index contributed by atoms with van der Waals surface area (Å²) in [4.78, 5) is 15.8. The van der Waals surface area contributed by atoms with Crippen LogP contribution in [-0.2, 0) is 4.74 Å². The number of thiazole rings is 1. The first kappa shape index (κ1) is 15.9. The van der Waals surface area contributed by atoms with Gasteiger partial charge in [-0.3, -0.25) is 0 Å². The van der Waals surface area contributed by atoms with Crippen molar-refractivity contribution < 1.29 is 9.53 Å². The molecule has 0 fully saturated rings. The van der Waals surface area contributed by atoms with Crippen LogP contribution in [0.2, 0.25) is 0 Å². The summed E-state index contributed by atoms with van der Waals surface area (Å²) in [6.07, 6.45) is 1.41. The summed E-state index contributed by atoms with van der Waals surface area (Å²) in [7, 11) is 0. The van der Waals surface area contributed by atoms with E-state index in [1.54, 1.807) is 17.5 Å². The number of ether oxygens (including phenoxy) is 1. The van der Waals surface area contributed by atoms with Gasteiger partial charge in [-0.25, -0.2) is 9.78 Å². The van der Waals surface area contributed by atoms with Crippen molar-refractivity contribution in [3.05, 3.63) is 16.6 Å². The molecular formula is C13H23N3O2S. The quantitative estimate of drug-likeness (QED) is 0.873. The largest absolute Gasteiger partial charge is 0.444 e. The monoisotopic (exact) mass is 285 g/mol. The predicted octanol–water partition coefficient (Wildman–Crippen LogP) is 2.71. The molecule has 2 unspecified atom stereocenters. The van der Waals surface area contributed by atoms with Gasteiger partial charge in [-0.15, -0.1) is 11.3 Å². The number of hydrogen-bond donors (Lipinski definition) is 2. The molecule has 2 atom stereocenters. The lowest BCUT2D eigenvalue weighted by atomic mass is 10.2. The highest BCUT2D eigenvalue weighted by molar-refractivity contribution is 7.09. The lowest BCUT2D eigenvalue weighted by Gasteiger charge is -2.22. The summed E-state index contributed by atoms with van der Waals surface area (Å²) in [6.45, 7) is 10.2. The smallest absolute Gasteiger partial charge is 0.407 e. The Kier molecular flexibility index (Phi) is 5.75. The minimum atomic E-state index is -0.467. The molecule has 1 rings (SSSR count). The molecule has 5 nitrogen and oxygen atoms in total. The first-order chi connectivity index (χ1) is 8.78. The van der Waals surface area contributed by atoms with Crippen LogP contribution in [0, 0.1) is 0 Å². The molecule has 19 heavy (non-hydrogen) atoms. The molecule has 0 bridgehead atoms. The van der Waals surface area contributed by atoms with Gasteiger partial charge in [0, 0.05) is 24.2 Å². The topological polar surface area (TPSA) is 63.2 Å². The molecule has 0 aliphatic rings. The van der Waals surface area contributed by atoms with Crippen LogP contribution in [0.5, 0.6) is 0 Å². The summed E-state index contributed by atoms with van der Waals surface area (Å²) in [5.41, 5.74) is -0.467. The van der Waals surface area contributed by atoms with Crippen molar-refractivity contribution in [3.8, 4) is 0 Å². The van der Waals surface area contributed by atoms with E-state index in [0.717, 1.165) is 5.01 Å². The Bertz CT molecular complexity index is 387. The molecule has 0 radical (unpaired) electrons. The summed E-state index contributed by atoms with van der Waals surface area (Å²) in [5, 5.41) is 9.13. The van der Waals surface area contributed by atoms with Crippen molar-refractivity contribution in [1.82, 2.24) is 15.6 Å². The summed E-state index contributed by atoms with van der Waals surface area (Å²) in [6, 6.07) is 0.181. The Morgan fingerprint density at radius 2 is 2.16 bits per heavy atom. The van der Waals surface area contributed by atoms with Gasteiger partial charge in [0.15, 0.2) is 0 Å². The number of aromatic nitrogens is 1. The van der Waals surface area contributed by atoms with E-state index in [-0.39, 0.29) is 18.2 Å². The van der Waals surface area contributed by atoms with Crippen molar-refractivity contribution in [2.45, 2.75) is 52.3 Å². The van der Waals surface area contributed by atoms with Gasteiger partial charge in [0.25, 0.3) is 0 Å². The van der Waals surface area contributed by atoms with Crippen LogP contribution < -0.4 is 10.6 Å². The highest BCUT2D eigenvalue weighted by Gasteiger charge is 2.18. The van der Waals surface area contributed by atoms with Gasteiger partial charge >= 0.3 is 6.09 Å². The average Bonchev–Trinajstić information content (AvgIpc) is 2.76. The fourth-order valence-corrected chi connectivity index (χ4v) is 2.12. The maximum Gasteiger partial charge on any atom is 0.407 e. The maximum absolute atomic E-state index is 11.6. The van der Waals surface area contributed by atoms with E-state index in [4.69, 9.17) is 4.74 Å². The van der Waals surface area contributed by atoms with Crippen LogP contribution in [0.4, 0.5) is 4.79 Å². The van der Waals surface area contributed by atoms with Gasteiger partial charge in [0.1, 0.15) is 10.6 Å². The third kappa shape index (κ3) is 6.54. The normalized spacial score (nSPS) is 14.8. The van der Waals surface area contributed by atoms with Gasteiger partial charge in [-0.2, -0.15) is 0 Å². The Labute approximate surface area is 118 Å². The molecule has 6 heteroatoms. The molecule has 1 heterocycles. The molecule has 108 valence electrons. The van der Waals surface area contributed by atoms with E-state index in [9.17, 15) is 4.79 Å². The molecule has 2 N–H and O–H groups in total. The van der Waals surface area contributed by atoms with E-state index in [2.05, 4.69) is 22.5 Å². The molecule has 1 amide bonds. The second-order valence-electron chi connectivity index (χ2n) is 5.55. The van der Waals surface area contributed by atoms with Crippen LogP contribution >= 0.6 is 11.3 Å². The zero-order valence-electron chi connectivity index (χ0n) is 12.2. The van der Waals surface area contributed by atoms with Crippen LogP contribution in [0.1, 0.15) is 45.7 Å². The number of alkyl carbamates (subject to hydrolysis) is 1. The maximum atomic E-state index is 11.6. The van der Waals surface area contributed by atoms with E-state index >= 15 is 0 Å². The third-order valence-electron chi connectivity index (χ3n) is 2.32. The van der Waals surface area contributed by atoms with Gasteiger partial charge in [-0.1, -0.05) is 0 Å². The second kappa shape index (κ2) is 6.86. The molecule has 0 aliphatic carbocycles. The lowest BCUT2D eigenvalue weighted by Crippen LogP contribution is -2.43. The van der Waals surface area contributed by atoms with Crippen LogP contribution in [-0.4, -0.2) is 29.3 Å². The molecule has 0 spiro atoms. The Balaban J connectivity index is 2.28. The van der Waals surface area contributed by atoms with E-state index in [1.165, 1.54) is 0 Å². The van der Waals surface area contributed by atoms with Crippen molar-refractivity contribution in [3.63, 3.8) is 0 Å². The zero-order chi connectivity index (χ0) is 14.5. The fraction of sp³-hybridized carbons (Fsp3) is 0.692. The minimum Gasteiger partial charge on any atom is -0.444 e. The molecule has 1 aromatic heterocycles. The first-order valence-electron chi connectivity index (χ1n) is 6.40. The van der Waals surface area contributed by atoms with Gasteiger partial charge in [0.05, 0.1) is 6.04 Å². The standard InChI is InChI=1S/C13H23N3O2S/c1-9(16-12(17)18-13(3,4)5)8-15-10(2)11-14-6-7-19-11/h6-7,9-10,15H,8H2,1-5H3,(H,16,17). The number of hydrogen-bond acceptors (Lipinski definition) is 5. The van der Waals surface area contributed by atoms with Crippen LogP contribution in [0.15, 0.2) is 11.6 Å². The number of nitrogens with one attached hydrogen (secondary N) is 2. The van der Waals surface area contributed by atoms with Gasteiger partial charge in [-0.05, 0) is 34.6 Å². The highest BCUT2D eigenvalue weighted by atomic mass is 32.1. The van der Waals surface area contributed by atoms with E-state index < -0.39 is 5.60 Å². The van der Waals surface area contributed by atoms with Crippen LogP contribution in [0.3, 0.4) is 0 Å². The fourth-order valence-electron chi connectivity index (χ4n) is 1.45. The molecule has 0 aliphatic heterocycles. The summed E-state index contributed by atoms with van der Waals surface area (Å²) < 4.78 is 5.20. The number of rotatable bonds is 5. The number of carbonyl (C=O) groups is 1. The molecule has 0 saturated carbocycles. The molecule has 0 saturated heterocycles. The first-order valence-corrected chi connectivity index (χ1v) is 7.28. The van der Waals surface area contributed by atoms with Crippen molar-refractivity contribution >= 4 is 17.4 Å². The molecule has 1 aromatic rings. The van der Waals surface area contributed by atoms with E-state index in [0.29, 0.717) is 6.54 Å². The average molecular weight is 285 g/mol. The SMILES string of the molecule is CC(CNC(C)c1nccs1)NC(=O)OC(C)(C)C. The predicted molar refractivity (Wildman–Crippen MR) is 77.4 cm³/mol. The number of carbonyl (C=O) groups excluding carboxylic acids is 1. The number of nitrogens with zero attached hydrogens (tertiary/aromatic N) is 1. The third-order valence-corrected chi connectivity index (χ3v) is 3.27. The second-order valence-corrected chi connectivity index (χ2v) is 6.47. The molecular weight excluding hydrogens is 262 g/mol. The minimum absolute atomic E-state index is 0.00253. The Hall–Kier alpha value is -1.14. The van der Waals surface area contributed by atoms with Crippen molar-refractivity contribution in [2.75, 3.05) is 6.54 Å². The van der Waals surface area contributed by atoms with Crippen LogP contribution in [0.25, 0.3) is 0 Å². The van der Waals surface area contributed by atoms with Gasteiger partial charge in [0.2, 0.25) is 0 Å². The van der Waals surface area contributed by atoms with Crippen molar-refractivity contribution in [2.24, 2.45) is 0 Å². The van der Waals surface area contributed by atoms with Gasteiger partial charge < -0.3 is 15.4 Å². The van der Waals surface area contributed by atoms with E-state index in [1.807, 2.05) is 33.1 Å². The Morgan fingerprint density at radius 1 is 1.47 bits per heavy atom. The Morgan fingerprint density at radius 3 is 2.68 bits per heavy atom. The summed E-state index contributed by atoms with van der Waals surface area (Å²) in [5.74, 6) is 0. The number of amides is 1. The highest BCUT2D eigenvalue weighted by Crippen LogP contribution is 2.14. The lowest BCUT2D eigenvalue weighted by molar-refractivity contribution is 0.0507. The van der Waals surface area contributed by atoms with Crippen molar-refractivity contribution in [1.29, 1.82) is 0 Å². The molecule has 0 aromatic carbocycles. The zero-order valence-corrected chi connectivity index (χ0v) is 13.0.